The summed E-state index contributed by atoms with van der Waals surface area (Å²) in [5, 5.41) is 23.1. The summed E-state index contributed by atoms with van der Waals surface area (Å²) in [6.45, 7) is 0.0446. The van der Waals surface area contributed by atoms with E-state index in [0.717, 1.165) is 11.1 Å². The molecule has 0 saturated heterocycles. The van der Waals surface area contributed by atoms with Gasteiger partial charge in [-0.25, -0.2) is 9.59 Å². The van der Waals surface area contributed by atoms with Crippen LogP contribution in [0, 0.1) is 11.3 Å². The second-order valence-electron chi connectivity index (χ2n) is 7.25. The summed E-state index contributed by atoms with van der Waals surface area (Å²) >= 11 is 0. The van der Waals surface area contributed by atoms with E-state index in [2.05, 4.69) is 10.6 Å². The Hall–Kier alpha value is -3.86. The van der Waals surface area contributed by atoms with Crippen molar-refractivity contribution in [3.63, 3.8) is 0 Å². The van der Waals surface area contributed by atoms with Gasteiger partial charge in [-0.2, -0.15) is 5.26 Å². The fourth-order valence-corrected chi connectivity index (χ4v) is 3.05. The van der Waals surface area contributed by atoms with Gasteiger partial charge in [-0.05, 0) is 30.4 Å². The van der Waals surface area contributed by atoms with Crippen LogP contribution in [0.3, 0.4) is 0 Å². The molecule has 0 fully saturated rings. The van der Waals surface area contributed by atoms with Gasteiger partial charge in [0.2, 0.25) is 5.91 Å². The van der Waals surface area contributed by atoms with Crippen LogP contribution in [0.5, 0.6) is 0 Å². The summed E-state index contributed by atoms with van der Waals surface area (Å²) < 4.78 is 5.21. The van der Waals surface area contributed by atoms with E-state index in [1.165, 1.54) is 0 Å². The Balaban J connectivity index is 2.02. The second kappa shape index (κ2) is 13.4. The van der Waals surface area contributed by atoms with Crippen LogP contribution < -0.4 is 10.6 Å². The smallest absolute Gasteiger partial charge is 0.408 e. The number of carbonyl (C=O) groups excluding carboxylic acids is 2. The second-order valence-corrected chi connectivity index (χ2v) is 7.25. The average molecular weight is 437 g/mol. The fraction of sp³-hybridized carbons (Fsp3) is 0.333. The van der Waals surface area contributed by atoms with Crippen LogP contribution in [-0.2, 0) is 27.4 Å². The molecule has 0 radical (unpaired) electrons. The number of rotatable bonds is 12. The molecule has 0 aliphatic rings. The quantitative estimate of drug-likeness (QED) is 0.438. The molecule has 0 saturated carbocycles. The van der Waals surface area contributed by atoms with Crippen molar-refractivity contribution in [2.45, 2.75) is 50.8 Å². The van der Waals surface area contributed by atoms with Gasteiger partial charge in [-0.1, -0.05) is 60.7 Å². The van der Waals surface area contributed by atoms with Gasteiger partial charge >= 0.3 is 12.1 Å². The zero-order chi connectivity index (χ0) is 23.2. The first-order chi connectivity index (χ1) is 15.5. The largest absolute Gasteiger partial charge is 0.480 e. The van der Waals surface area contributed by atoms with E-state index in [4.69, 9.17) is 10.00 Å². The fourth-order valence-electron chi connectivity index (χ4n) is 3.05. The highest BCUT2D eigenvalue weighted by molar-refractivity contribution is 5.89. The van der Waals surface area contributed by atoms with Crippen LogP contribution in [0.1, 0.15) is 36.8 Å². The third kappa shape index (κ3) is 8.88. The highest BCUT2D eigenvalue weighted by Crippen LogP contribution is 2.08. The average Bonchev–Trinajstić information content (AvgIpc) is 2.80. The first kappa shape index (κ1) is 24.4. The van der Waals surface area contributed by atoms with E-state index in [9.17, 15) is 19.5 Å². The van der Waals surface area contributed by atoms with E-state index >= 15 is 0 Å². The summed E-state index contributed by atoms with van der Waals surface area (Å²) in [5.74, 6) is -1.78. The van der Waals surface area contributed by atoms with E-state index < -0.39 is 30.1 Å². The Morgan fingerprint density at radius 3 is 2.12 bits per heavy atom. The number of carboxylic acid groups (broad SMARTS) is 1. The van der Waals surface area contributed by atoms with E-state index in [1.807, 2.05) is 66.7 Å². The molecule has 8 nitrogen and oxygen atoms in total. The van der Waals surface area contributed by atoms with Crippen LogP contribution >= 0.6 is 0 Å². The van der Waals surface area contributed by atoms with Crippen molar-refractivity contribution in [1.82, 2.24) is 10.6 Å². The zero-order valence-corrected chi connectivity index (χ0v) is 17.7. The van der Waals surface area contributed by atoms with E-state index in [0.29, 0.717) is 19.3 Å². The van der Waals surface area contributed by atoms with Crippen molar-refractivity contribution >= 4 is 18.0 Å². The Kier molecular flexibility index (Phi) is 10.3. The molecule has 2 aromatic carbocycles. The van der Waals surface area contributed by atoms with Gasteiger partial charge in [0.25, 0.3) is 0 Å². The molecule has 2 aromatic rings. The number of carbonyl (C=O) groups is 3. The lowest BCUT2D eigenvalue weighted by molar-refractivity contribution is -0.142. The number of amides is 2. The molecule has 2 amide bonds. The maximum Gasteiger partial charge on any atom is 0.408 e. The number of carboxylic acids is 1. The van der Waals surface area contributed by atoms with Crippen molar-refractivity contribution in [3.05, 3.63) is 71.8 Å². The van der Waals surface area contributed by atoms with Gasteiger partial charge in [-0.3, -0.25) is 4.79 Å². The predicted molar refractivity (Wildman–Crippen MR) is 117 cm³/mol. The highest BCUT2D eigenvalue weighted by Gasteiger charge is 2.27. The number of nitrogens with one attached hydrogen (secondary N) is 2. The molecule has 0 aliphatic carbocycles. The minimum absolute atomic E-state index is 0.0446. The molecule has 8 heteroatoms. The number of aliphatic carboxylic acids is 1. The number of nitriles is 1. The molecule has 0 unspecified atom stereocenters. The van der Waals surface area contributed by atoms with Crippen molar-refractivity contribution in [3.8, 4) is 6.07 Å². The number of hydrogen-bond acceptors (Lipinski definition) is 5. The molecule has 0 bridgehead atoms. The maximum absolute atomic E-state index is 12.9. The molecule has 2 atom stereocenters. The van der Waals surface area contributed by atoms with Crippen LogP contribution in [0.4, 0.5) is 4.79 Å². The summed E-state index contributed by atoms with van der Waals surface area (Å²) in [4.78, 5) is 36.8. The monoisotopic (exact) mass is 437 g/mol. The van der Waals surface area contributed by atoms with Crippen LogP contribution in [0.15, 0.2) is 60.7 Å². The number of ether oxygens (including phenoxy) is 1. The number of alkyl carbamates (subject to hydrolysis) is 1. The number of unbranched alkanes of at least 4 members (excludes halogenated alkanes) is 2. The van der Waals surface area contributed by atoms with Gasteiger partial charge in [0.1, 0.15) is 18.7 Å². The summed E-state index contributed by atoms with van der Waals surface area (Å²) in [7, 11) is 0. The molecule has 168 valence electrons. The van der Waals surface area contributed by atoms with Crippen molar-refractivity contribution in [2.24, 2.45) is 0 Å². The third-order valence-corrected chi connectivity index (χ3v) is 4.75. The Bertz CT molecular complexity index is 912. The van der Waals surface area contributed by atoms with Gasteiger partial charge in [0.05, 0.1) is 6.07 Å². The standard InChI is InChI=1S/C24H27N3O5/c25-15-9-3-8-14-20(23(29)30)26-22(28)21(16-18-10-4-1-5-11-18)27-24(31)32-17-19-12-6-2-7-13-19/h1-2,4-7,10-13,20-21H,3,8-9,14,16-17H2,(H,26,28)(H,27,31)(H,29,30)/t20-,21-/m1/s1. The van der Waals surface area contributed by atoms with E-state index in [1.54, 1.807) is 0 Å². The lowest BCUT2D eigenvalue weighted by Gasteiger charge is -2.21. The van der Waals surface area contributed by atoms with Crippen LogP contribution in [-0.4, -0.2) is 35.2 Å². The number of nitrogens with zero attached hydrogens (tertiary/aromatic N) is 1. The molecule has 3 N–H and O–H groups in total. The summed E-state index contributed by atoms with van der Waals surface area (Å²) in [6, 6.07) is 18.1. The number of benzene rings is 2. The molecular formula is C24H27N3O5. The Morgan fingerprint density at radius 2 is 1.53 bits per heavy atom. The molecule has 32 heavy (non-hydrogen) atoms. The maximum atomic E-state index is 12.9. The van der Waals surface area contributed by atoms with Gasteiger partial charge in [0.15, 0.2) is 0 Å². The van der Waals surface area contributed by atoms with Crippen molar-refractivity contribution < 1.29 is 24.2 Å². The SMILES string of the molecule is N#CCCCC[C@@H](NC(=O)[C@@H](Cc1ccccc1)NC(=O)OCc1ccccc1)C(=O)O. The van der Waals surface area contributed by atoms with Crippen molar-refractivity contribution in [2.75, 3.05) is 0 Å². The number of hydrogen-bond donors (Lipinski definition) is 3. The van der Waals surface area contributed by atoms with Crippen molar-refractivity contribution in [1.29, 1.82) is 5.26 Å². The summed E-state index contributed by atoms with van der Waals surface area (Å²) in [5.41, 5.74) is 1.60. The molecule has 0 aromatic heterocycles. The highest BCUT2D eigenvalue weighted by atomic mass is 16.5. The minimum Gasteiger partial charge on any atom is -0.480 e. The molecular weight excluding hydrogens is 410 g/mol. The summed E-state index contributed by atoms with van der Waals surface area (Å²) in [6.07, 6.45) is 0.957. The first-order valence-electron chi connectivity index (χ1n) is 10.4. The van der Waals surface area contributed by atoms with Gasteiger partial charge in [0, 0.05) is 12.8 Å². The minimum atomic E-state index is -1.17. The van der Waals surface area contributed by atoms with Crippen LogP contribution in [0.2, 0.25) is 0 Å². The predicted octanol–water partition coefficient (Wildman–Crippen LogP) is 3.18. The third-order valence-electron chi connectivity index (χ3n) is 4.75. The molecule has 0 spiro atoms. The van der Waals surface area contributed by atoms with E-state index in [-0.39, 0.29) is 19.4 Å². The topological polar surface area (TPSA) is 129 Å². The molecule has 0 heterocycles. The zero-order valence-electron chi connectivity index (χ0n) is 17.7. The lowest BCUT2D eigenvalue weighted by Crippen LogP contribution is -2.52. The lowest BCUT2D eigenvalue weighted by atomic mass is 10.0. The molecule has 0 aliphatic heterocycles. The first-order valence-corrected chi connectivity index (χ1v) is 10.4. The van der Waals surface area contributed by atoms with Gasteiger partial charge < -0.3 is 20.5 Å². The van der Waals surface area contributed by atoms with Crippen LogP contribution in [0.25, 0.3) is 0 Å². The molecule has 2 rings (SSSR count). The van der Waals surface area contributed by atoms with Gasteiger partial charge in [-0.15, -0.1) is 0 Å². The Labute approximate surface area is 187 Å². The normalized spacial score (nSPS) is 12.1. The Morgan fingerprint density at radius 1 is 0.906 bits per heavy atom.